The average Bonchev–Trinajstić information content (AvgIpc) is 3.21. The molecule has 4 rings (SSSR count). The summed E-state index contributed by atoms with van der Waals surface area (Å²) < 4.78 is 18.5. The number of halogens is 1. The van der Waals surface area contributed by atoms with E-state index in [0.29, 0.717) is 25.3 Å². The fraction of sp³-hybridized carbons (Fsp3) is 0.417. The normalized spacial score (nSPS) is 14.9. The molecule has 0 radical (unpaired) electrons. The van der Waals surface area contributed by atoms with Gasteiger partial charge >= 0.3 is 0 Å². The van der Waals surface area contributed by atoms with Crippen molar-refractivity contribution in [3.63, 3.8) is 0 Å². The SMILES string of the molecule is Cc1cc(-c2cnc(C3CCN(C(=O)Cc4ccc(F)cc4)CC3)nc2C(C)C)on1. The molecule has 1 amide bonds. The molecule has 1 aliphatic rings. The van der Waals surface area contributed by atoms with E-state index in [2.05, 4.69) is 24.0 Å². The molecule has 0 aliphatic carbocycles. The third-order valence-corrected chi connectivity index (χ3v) is 5.76. The molecule has 3 aromatic rings. The van der Waals surface area contributed by atoms with Crippen LogP contribution in [0.1, 0.15) is 61.3 Å². The Morgan fingerprint density at radius 2 is 1.94 bits per heavy atom. The maximum absolute atomic E-state index is 13.1. The van der Waals surface area contributed by atoms with Crippen LogP contribution in [0.2, 0.25) is 0 Å². The van der Waals surface area contributed by atoms with E-state index in [1.807, 2.05) is 24.1 Å². The Bertz CT molecular complexity index is 1050. The number of hydrogen-bond acceptors (Lipinski definition) is 5. The van der Waals surface area contributed by atoms with Crippen molar-refractivity contribution < 1.29 is 13.7 Å². The Morgan fingerprint density at radius 3 is 2.55 bits per heavy atom. The second kappa shape index (κ2) is 8.96. The van der Waals surface area contributed by atoms with E-state index in [1.54, 1.807) is 12.1 Å². The van der Waals surface area contributed by atoms with Gasteiger partial charge in [-0.3, -0.25) is 4.79 Å². The summed E-state index contributed by atoms with van der Waals surface area (Å²) in [4.78, 5) is 24.0. The van der Waals surface area contributed by atoms with E-state index in [0.717, 1.165) is 41.2 Å². The maximum Gasteiger partial charge on any atom is 0.226 e. The predicted molar refractivity (Wildman–Crippen MR) is 115 cm³/mol. The maximum atomic E-state index is 13.1. The molecule has 2 aromatic heterocycles. The zero-order chi connectivity index (χ0) is 22.0. The van der Waals surface area contributed by atoms with Crippen molar-refractivity contribution in [2.75, 3.05) is 13.1 Å². The molecule has 1 saturated heterocycles. The third kappa shape index (κ3) is 4.81. The summed E-state index contributed by atoms with van der Waals surface area (Å²) in [6, 6.07) is 8.01. The van der Waals surface area contributed by atoms with Crippen molar-refractivity contribution in [3.05, 3.63) is 65.1 Å². The summed E-state index contributed by atoms with van der Waals surface area (Å²) in [6.45, 7) is 7.45. The van der Waals surface area contributed by atoms with E-state index in [1.165, 1.54) is 12.1 Å². The molecule has 162 valence electrons. The summed E-state index contributed by atoms with van der Waals surface area (Å²) in [7, 11) is 0. The number of amides is 1. The molecule has 0 saturated carbocycles. The first kappa shape index (κ1) is 21.2. The van der Waals surface area contributed by atoms with Crippen molar-refractivity contribution >= 4 is 5.91 Å². The molecule has 0 N–H and O–H groups in total. The van der Waals surface area contributed by atoms with Crippen molar-refractivity contribution in [1.29, 1.82) is 0 Å². The van der Waals surface area contributed by atoms with Gasteiger partial charge < -0.3 is 9.42 Å². The zero-order valence-electron chi connectivity index (χ0n) is 18.1. The van der Waals surface area contributed by atoms with Gasteiger partial charge in [0.2, 0.25) is 5.91 Å². The van der Waals surface area contributed by atoms with Crippen LogP contribution < -0.4 is 0 Å². The van der Waals surface area contributed by atoms with E-state index in [9.17, 15) is 9.18 Å². The number of rotatable bonds is 5. The van der Waals surface area contributed by atoms with Crippen LogP contribution in [-0.2, 0) is 11.2 Å². The summed E-state index contributed by atoms with van der Waals surface area (Å²) >= 11 is 0. The van der Waals surface area contributed by atoms with E-state index in [-0.39, 0.29) is 23.6 Å². The molecule has 1 aromatic carbocycles. The lowest BCUT2D eigenvalue weighted by Crippen LogP contribution is -2.39. The fourth-order valence-electron chi connectivity index (χ4n) is 4.00. The second-order valence-electron chi connectivity index (χ2n) is 8.47. The minimum atomic E-state index is -0.290. The van der Waals surface area contributed by atoms with Crippen molar-refractivity contribution in [2.24, 2.45) is 0 Å². The van der Waals surface area contributed by atoms with Gasteiger partial charge in [-0.2, -0.15) is 0 Å². The fourth-order valence-corrected chi connectivity index (χ4v) is 4.00. The highest BCUT2D eigenvalue weighted by Crippen LogP contribution is 2.31. The van der Waals surface area contributed by atoms with Crippen LogP contribution in [0.15, 0.2) is 41.1 Å². The summed E-state index contributed by atoms with van der Waals surface area (Å²) in [5.74, 6) is 1.74. The van der Waals surface area contributed by atoms with Crippen LogP contribution in [-0.4, -0.2) is 39.0 Å². The number of hydrogen-bond donors (Lipinski definition) is 0. The lowest BCUT2D eigenvalue weighted by atomic mass is 9.94. The van der Waals surface area contributed by atoms with Crippen LogP contribution in [0.3, 0.4) is 0 Å². The molecule has 1 fully saturated rings. The number of benzene rings is 1. The highest BCUT2D eigenvalue weighted by Gasteiger charge is 2.27. The highest BCUT2D eigenvalue weighted by molar-refractivity contribution is 5.78. The molecule has 31 heavy (non-hydrogen) atoms. The number of nitrogens with zero attached hydrogens (tertiary/aromatic N) is 4. The summed E-state index contributed by atoms with van der Waals surface area (Å²) in [6.07, 6.45) is 3.79. The van der Waals surface area contributed by atoms with Gasteiger partial charge in [0.25, 0.3) is 0 Å². The van der Waals surface area contributed by atoms with Crippen molar-refractivity contribution in [1.82, 2.24) is 20.0 Å². The second-order valence-corrected chi connectivity index (χ2v) is 8.47. The van der Waals surface area contributed by atoms with Gasteiger partial charge in [-0.15, -0.1) is 0 Å². The van der Waals surface area contributed by atoms with Crippen molar-refractivity contribution in [3.8, 4) is 11.3 Å². The lowest BCUT2D eigenvalue weighted by Gasteiger charge is -2.31. The molecular formula is C24H27FN4O2. The van der Waals surface area contributed by atoms with Gasteiger partial charge in [0.15, 0.2) is 5.76 Å². The largest absolute Gasteiger partial charge is 0.356 e. The van der Waals surface area contributed by atoms with Gasteiger partial charge in [0.05, 0.1) is 23.4 Å². The Hall–Kier alpha value is -3.09. The molecule has 3 heterocycles. The van der Waals surface area contributed by atoms with Crippen LogP contribution in [0.4, 0.5) is 4.39 Å². The molecule has 7 heteroatoms. The highest BCUT2D eigenvalue weighted by atomic mass is 19.1. The summed E-state index contributed by atoms with van der Waals surface area (Å²) in [5, 5.41) is 3.98. The number of carbonyl (C=O) groups excluding carboxylic acids is 1. The third-order valence-electron chi connectivity index (χ3n) is 5.76. The Labute approximate surface area is 181 Å². The van der Waals surface area contributed by atoms with Crippen LogP contribution in [0, 0.1) is 12.7 Å². The molecule has 6 nitrogen and oxygen atoms in total. The zero-order valence-corrected chi connectivity index (χ0v) is 18.1. The first-order chi connectivity index (χ1) is 14.9. The van der Waals surface area contributed by atoms with Crippen molar-refractivity contribution in [2.45, 2.75) is 51.9 Å². The number of likely N-dealkylation sites (tertiary alicyclic amines) is 1. The molecular weight excluding hydrogens is 395 g/mol. The predicted octanol–water partition coefficient (Wildman–Crippen LogP) is 4.65. The van der Waals surface area contributed by atoms with Gasteiger partial charge in [0.1, 0.15) is 11.6 Å². The molecule has 0 bridgehead atoms. The Morgan fingerprint density at radius 1 is 1.23 bits per heavy atom. The van der Waals surface area contributed by atoms with E-state index >= 15 is 0 Å². The average molecular weight is 423 g/mol. The topological polar surface area (TPSA) is 72.1 Å². The smallest absolute Gasteiger partial charge is 0.226 e. The van der Waals surface area contributed by atoms with Gasteiger partial charge in [0, 0.05) is 31.3 Å². The number of aryl methyl sites for hydroxylation is 1. The molecule has 1 aliphatic heterocycles. The van der Waals surface area contributed by atoms with Crippen LogP contribution in [0.25, 0.3) is 11.3 Å². The van der Waals surface area contributed by atoms with E-state index < -0.39 is 0 Å². The number of aromatic nitrogens is 3. The Balaban J connectivity index is 1.43. The standard InChI is InChI=1S/C24H27FN4O2/c1-15(2)23-20(21-12-16(3)28-31-21)14-26-24(27-23)18-8-10-29(11-9-18)22(30)13-17-4-6-19(25)7-5-17/h4-7,12,14-15,18H,8-11,13H2,1-3H3. The van der Waals surface area contributed by atoms with Gasteiger partial charge in [-0.05, 0) is 43.4 Å². The Kier molecular flexibility index (Phi) is 6.11. The van der Waals surface area contributed by atoms with Gasteiger partial charge in [-0.25, -0.2) is 14.4 Å². The lowest BCUT2D eigenvalue weighted by molar-refractivity contribution is -0.131. The molecule has 0 atom stereocenters. The summed E-state index contributed by atoms with van der Waals surface area (Å²) in [5.41, 5.74) is 3.49. The van der Waals surface area contributed by atoms with E-state index in [4.69, 9.17) is 9.51 Å². The van der Waals surface area contributed by atoms with Gasteiger partial charge in [-0.1, -0.05) is 31.1 Å². The molecule has 0 unspecified atom stereocenters. The number of piperidine rings is 1. The minimum absolute atomic E-state index is 0.0740. The minimum Gasteiger partial charge on any atom is -0.356 e. The first-order valence-electron chi connectivity index (χ1n) is 10.7. The number of carbonyl (C=O) groups is 1. The molecule has 0 spiro atoms. The van der Waals surface area contributed by atoms with Crippen LogP contribution >= 0.6 is 0 Å². The van der Waals surface area contributed by atoms with Crippen LogP contribution in [0.5, 0.6) is 0 Å². The monoisotopic (exact) mass is 422 g/mol. The first-order valence-corrected chi connectivity index (χ1v) is 10.7. The quantitative estimate of drug-likeness (QED) is 0.598.